The van der Waals surface area contributed by atoms with Crippen molar-refractivity contribution in [1.82, 2.24) is 10.6 Å². The lowest BCUT2D eigenvalue weighted by molar-refractivity contribution is -0.142. The highest BCUT2D eigenvalue weighted by Gasteiger charge is 2.30. The number of amides is 2. The molecule has 33 heavy (non-hydrogen) atoms. The summed E-state index contributed by atoms with van der Waals surface area (Å²) in [6.07, 6.45) is -0.121. The maximum absolute atomic E-state index is 12.6. The summed E-state index contributed by atoms with van der Waals surface area (Å²) in [5.41, 5.74) is 4.36. The fourth-order valence-electron chi connectivity index (χ4n) is 4.25. The van der Waals surface area contributed by atoms with Gasteiger partial charge in [-0.25, -0.2) is 4.79 Å². The van der Waals surface area contributed by atoms with Gasteiger partial charge in [0.15, 0.2) is 0 Å². The molecule has 1 aliphatic rings. The molecule has 0 saturated heterocycles. The van der Waals surface area contributed by atoms with Gasteiger partial charge in [0.05, 0.1) is 5.92 Å². The van der Waals surface area contributed by atoms with Gasteiger partial charge in [0.25, 0.3) is 0 Å². The second kappa shape index (κ2) is 10.1. The molecule has 2 amide bonds. The highest BCUT2D eigenvalue weighted by atomic mass is 16.5. The summed E-state index contributed by atoms with van der Waals surface area (Å²) >= 11 is 0. The van der Waals surface area contributed by atoms with E-state index < -0.39 is 29.9 Å². The van der Waals surface area contributed by atoms with E-state index in [1.807, 2.05) is 45.0 Å². The number of benzene rings is 2. The summed E-state index contributed by atoms with van der Waals surface area (Å²) in [7, 11) is 0. The Kier molecular flexibility index (Phi) is 7.41. The molecule has 2 unspecified atom stereocenters. The summed E-state index contributed by atoms with van der Waals surface area (Å²) < 4.78 is 5.54. The van der Waals surface area contributed by atoms with Crippen molar-refractivity contribution in [2.75, 3.05) is 13.2 Å². The first-order chi connectivity index (χ1) is 15.6. The number of aliphatic carboxylic acids is 1. The van der Waals surface area contributed by atoms with Crippen LogP contribution < -0.4 is 10.6 Å². The molecule has 0 radical (unpaired) electrons. The summed E-state index contributed by atoms with van der Waals surface area (Å²) in [6, 6.07) is 15.2. The molecule has 0 spiro atoms. The molecule has 0 aliphatic heterocycles. The Morgan fingerprint density at radius 1 is 1.00 bits per heavy atom. The Hall–Kier alpha value is -3.35. The molecule has 0 heterocycles. The molecule has 7 heteroatoms. The number of alkyl carbamates (subject to hydrolysis) is 1. The second-order valence-corrected chi connectivity index (χ2v) is 9.74. The molecule has 0 aromatic heterocycles. The quantitative estimate of drug-likeness (QED) is 0.558. The van der Waals surface area contributed by atoms with Crippen LogP contribution in [-0.2, 0) is 14.3 Å². The van der Waals surface area contributed by atoms with Gasteiger partial charge >= 0.3 is 12.1 Å². The summed E-state index contributed by atoms with van der Waals surface area (Å²) in [5.74, 6) is -2.14. The second-order valence-electron chi connectivity index (χ2n) is 9.74. The van der Waals surface area contributed by atoms with Crippen LogP contribution in [0.25, 0.3) is 11.1 Å². The molecule has 2 atom stereocenters. The zero-order valence-electron chi connectivity index (χ0n) is 19.6. The highest BCUT2D eigenvalue weighted by Crippen LogP contribution is 2.44. The van der Waals surface area contributed by atoms with E-state index in [0.717, 1.165) is 22.3 Å². The summed E-state index contributed by atoms with van der Waals surface area (Å²) in [6.45, 7) is 7.62. The number of carbonyl (C=O) groups excluding carboxylic acids is 2. The third-order valence-electron chi connectivity index (χ3n) is 5.80. The average Bonchev–Trinajstić information content (AvgIpc) is 3.08. The van der Waals surface area contributed by atoms with Crippen molar-refractivity contribution in [2.45, 2.75) is 46.1 Å². The lowest BCUT2D eigenvalue weighted by atomic mass is 9.84. The monoisotopic (exact) mass is 452 g/mol. The van der Waals surface area contributed by atoms with Crippen LogP contribution in [0.4, 0.5) is 4.79 Å². The topological polar surface area (TPSA) is 105 Å². The van der Waals surface area contributed by atoms with Gasteiger partial charge in [-0.2, -0.15) is 0 Å². The Bertz CT molecular complexity index is 982. The molecule has 7 nitrogen and oxygen atoms in total. The van der Waals surface area contributed by atoms with Gasteiger partial charge in [0, 0.05) is 12.5 Å². The third-order valence-corrected chi connectivity index (χ3v) is 5.80. The van der Waals surface area contributed by atoms with Gasteiger partial charge in [-0.05, 0) is 41.0 Å². The standard InChI is InChI=1S/C26H32N2O5/c1-16(24(30)31)28-23(29)17(13-26(2,3)4)14-27-25(32)33-15-22-20-11-7-5-9-18(20)19-10-6-8-12-21(19)22/h5-12,16-17,22H,13-15H2,1-4H3,(H,27,32)(H,28,29)(H,30,31). The number of hydrogen-bond donors (Lipinski definition) is 3. The number of carboxylic acid groups (broad SMARTS) is 1. The van der Waals surface area contributed by atoms with Crippen LogP contribution in [0.2, 0.25) is 0 Å². The SMILES string of the molecule is CC(NC(=O)C(CNC(=O)OCC1c2ccccc2-c2ccccc21)CC(C)(C)C)C(=O)O. The zero-order chi connectivity index (χ0) is 24.2. The molecular weight excluding hydrogens is 420 g/mol. The largest absolute Gasteiger partial charge is 0.480 e. The van der Waals surface area contributed by atoms with E-state index in [2.05, 4.69) is 34.9 Å². The molecular formula is C26H32N2O5. The van der Waals surface area contributed by atoms with Crippen LogP contribution in [0, 0.1) is 11.3 Å². The maximum Gasteiger partial charge on any atom is 0.407 e. The Morgan fingerprint density at radius 2 is 1.55 bits per heavy atom. The van der Waals surface area contributed by atoms with E-state index in [4.69, 9.17) is 9.84 Å². The summed E-state index contributed by atoms with van der Waals surface area (Å²) in [4.78, 5) is 36.2. The minimum absolute atomic E-state index is 0.0479. The number of carboxylic acids is 1. The fraction of sp³-hybridized carbons (Fsp3) is 0.423. The van der Waals surface area contributed by atoms with Gasteiger partial charge in [-0.15, -0.1) is 0 Å². The van der Waals surface area contributed by atoms with Crippen LogP contribution in [0.1, 0.15) is 51.2 Å². The number of rotatable bonds is 8. The van der Waals surface area contributed by atoms with Crippen LogP contribution in [-0.4, -0.2) is 42.3 Å². The molecule has 176 valence electrons. The Labute approximate surface area is 194 Å². The van der Waals surface area contributed by atoms with Gasteiger partial charge < -0.3 is 20.5 Å². The van der Waals surface area contributed by atoms with E-state index in [1.165, 1.54) is 6.92 Å². The molecule has 2 aromatic rings. The zero-order valence-corrected chi connectivity index (χ0v) is 19.6. The van der Waals surface area contributed by atoms with E-state index >= 15 is 0 Å². The maximum atomic E-state index is 12.6. The number of fused-ring (bicyclic) bond motifs is 3. The van der Waals surface area contributed by atoms with Gasteiger partial charge in [0.1, 0.15) is 12.6 Å². The number of nitrogens with one attached hydrogen (secondary N) is 2. The van der Waals surface area contributed by atoms with E-state index in [9.17, 15) is 14.4 Å². The fourth-order valence-corrected chi connectivity index (χ4v) is 4.25. The number of hydrogen-bond acceptors (Lipinski definition) is 4. The first-order valence-corrected chi connectivity index (χ1v) is 11.2. The first kappa shape index (κ1) is 24.3. The number of carbonyl (C=O) groups is 3. The molecule has 0 saturated carbocycles. The van der Waals surface area contributed by atoms with Gasteiger partial charge in [0.2, 0.25) is 5.91 Å². The normalized spacial score (nSPS) is 14.5. The molecule has 3 rings (SSSR count). The van der Waals surface area contributed by atoms with Crippen molar-refractivity contribution in [1.29, 1.82) is 0 Å². The van der Waals surface area contributed by atoms with Crippen molar-refractivity contribution in [2.24, 2.45) is 11.3 Å². The van der Waals surface area contributed by atoms with Crippen LogP contribution in [0.15, 0.2) is 48.5 Å². The van der Waals surface area contributed by atoms with Crippen LogP contribution in [0.3, 0.4) is 0 Å². The van der Waals surface area contributed by atoms with E-state index in [0.29, 0.717) is 6.42 Å². The average molecular weight is 453 g/mol. The van der Waals surface area contributed by atoms with Crippen LogP contribution in [0.5, 0.6) is 0 Å². The Balaban J connectivity index is 1.61. The lowest BCUT2D eigenvalue weighted by Gasteiger charge is -2.26. The highest BCUT2D eigenvalue weighted by molar-refractivity contribution is 5.85. The minimum Gasteiger partial charge on any atom is -0.480 e. The smallest absolute Gasteiger partial charge is 0.407 e. The predicted octanol–water partition coefficient (Wildman–Crippen LogP) is 4.17. The van der Waals surface area contributed by atoms with Crippen molar-refractivity contribution in [3.8, 4) is 11.1 Å². The predicted molar refractivity (Wildman–Crippen MR) is 126 cm³/mol. The molecule has 0 fully saturated rings. The first-order valence-electron chi connectivity index (χ1n) is 11.2. The lowest BCUT2D eigenvalue weighted by Crippen LogP contribution is -2.46. The van der Waals surface area contributed by atoms with Crippen LogP contribution >= 0.6 is 0 Å². The molecule has 3 N–H and O–H groups in total. The number of ether oxygens (including phenoxy) is 1. The van der Waals surface area contributed by atoms with E-state index in [-0.39, 0.29) is 24.5 Å². The molecule has 0 bridgehead atoms. The van der Waals surface area contributed by atoms with Gasteiger partial charge in [-0.3, -0.25) is 9.59 Å². The van der Waals surface area contributed by atoms with Crippen molar-refractivity contribution in [3.63, 3.8) is 0 Å². The van der Waals surface area contributed by atoms with E-state index in [1.54, 1.807) is 0 Å². The Morgan fingerprint density at radius 3 is 2.06 bits per heavy atom. The van der Waals surface area contributed by atoms with Crippen molar-refractivity contribution >= 4 is 18.0 Å². The van der Waals surface area contributed by atoms with Crippen molar-refractivity contribution in [3.05, 3.63) is 59.7 Å². The molecule has 1 aliphatic carbocycles. The summed E-state index contributed by atoms with van der Waals surface area (Å²) in [5, 5.41) is 14.3. The third kappa shape index (κ3) is 6.12. The van der Waals surface area contributed by atoms with Gasteiger partial charge in [-0.1, -0.05) is 69.3 Å². The molecule has 2 aromatic carbocycles. The minimum atomic E-state index is -1.11. The van der Waals surface area contributed by atoms with Crippen molar-refractivity contribution < 1.29 is 24.2 Å².